The zero-order valence-electron chi connectivity index (χ0n) is 12.5. The molecule has 0 aromatic heterocycles. The molecule has 120 valence electrons. The van der Waals surface area contributed by atoms with Crippen LogP contribution in [0.25, 0.3) is 0 Å². The Morgan fingerprint density at radius 1 is 1.22 bits per heavy atom. The number of halogens is 2. The molecule has 0 heterocycles. The van der Waals surface area contributed by atoms with Gasteiger partial charge in [0.1, 0.15) is 5.75 Å². The van der Waals surface area contributed by atoms with Crippen LogP contribution < -0.4 is 4.74 Å². The summed E-state index contributed by atoms with van der Waals surface area (Å²) < 4.78 is 7.22. The average molecular weight is 441 g/mol. The van der Waals surface area contributed by atoms with Crippen LogP contribution in [0.5, 0.6) is 5.75 Å². The topological polar surface area (TPSA) is 46.6 Å². The van der Waals surface area contributed by atoms with E-state index in [2.05, 4.69) is 31.9 Å². The minimum absolute atomic E-state index is 0.122. The molecule has 2 aromatic rings. The second kappa shape index (κ2) is 8.26. The molecule has 2 rings (SSSR count). The van der Waals surface area contributed by atoms with E-state index in [1.54, 1.807) is 30.1 Å². The molecule has 0 spiro atoms. The van der Waals surface area contributed by atoms with Gasteiger partial charge in [-0.25, -0.2) is 0 Å². The smallest absolute Gasteiger partial charge is 0.260 e. The molecule has 0 fully saturated rings. The maximum atomic E-state index is 12.2. The number of nitrogens with zero attached hydrogens (tertiary/aromatic N) is 1. The van der Waals surface area contributed by atoms with E-state index in [0.29, 0.717) is 24.1 Å². The van der Waals surface area contributed by atoms with Crippen molar-refractivity contribution in [3.05, 3.63) is 62.5 Å². The highest BCUT2D eigenvalue weighted by molar-refractivity contribution is 9.10. The van der Waals surface area contributed by atoms with Crippen LogP contribution in [0, 0.1) is 0 Å². The van der Waals surface area contributed by atoms with E-state index < -0.39 is 0 Å². The summed E-state index contributed by atoms with van der Waals surface area (Å²) in [6, 6.07) is 12.8. The summed E-state index contributed by atoms with van der Waals surface area (Å²) in [4.78, 5) is 24.8. The zero-order chi connectivity index (χ0) is 16.8. The van der Waals surface area contributed by atoms with Gasteiger partial charge < -0.3 is 9.64 Å². The second-order valence-electron chi connectivity index (χ2n) is 4.93. The van der Waals surface area contributed by atoms with E-state index in [4.69, 9.17) is 4.74 Å². The number of hydrogen-bond donors (Lipinski definition) is 0. The van der Waals surface area contributed by atoms with Crippen LogP contribution >= 0.6 is 31.9 Å². The molecule has 1 amide bonds. The number of carbonyl (C=O) groups is 2. The highest BCUT2D eigenvalue weighted by Crippen LogP contribution is 2.22. The first kappa shape index (κ1) is 17.7. The van der Waals surface area contributed by atoms with E-state index in [0.717, 1.165) is 14.5 Å². The third kappa shape index (κ3) is 4.91. The maximum Gasteiger partial charge on any atom is 0.260 e. The van der Waals surface area contributed by atoms with Gasteiger partial charge in [0.25, 0.3) is 5.91 Å². The molecule has 0 bridgehead atoms. The normalized spacial score (nSPS) is 10.2. The Balaban J connectivity index is 1.97. The van der Waals surface area contributed by atoms with Gasteiger partial charge in [0.2, 0.25) is 0 Å². The molecule has 4 nitrogen and oxygen atoms in total. The number of likely N-dealkylation sites (N-methyl/N-ethyl adjacent to an activating group) is 1. The number of carbonyl (C=O) groups excluding carboxylic acids is 2. The Morgan fingerprint density at radius 3 is 2.65 bits per heavy atom. The van der Waals surface area contributed by atoms with Gasteiger partial charge in [-0.1, -0.05) is 50.1 Å². The van der Waals surface area contributed by atoms with Crippen molar-refractivity contribution in [1.82, 2.24) is 4.90 Å². The number of ether oxygens (including phenoxy) is 1. The lowest BCUT2D eigenvalue weighted by molar-refractivity contribution is -0.132. The van der Waals surface area contributed by atoms with Crippen molar-refractivity contribution in [3.63, 3.8) is 0 Å². The first-order valence-electron chi connectivity index (χ1n) is 6.86. The number of hydrogen-bond acceptors (Lipinski definition) is 3. The van der Waals surface area contributed by atoms with Crippen LogP contribution in [0.3, 0.4) is 0 Å². The monoisotopic (exact) mass is 439 g/mol. The molecule has 0 aliphatic rings. The molecule has 23 heavy (non-hydrogen) atoms. The molecule has 0 saturated heterocycles. The third-order valence-corrected chi connectivity index (χ3v) is 4.51. The number of aldehydes is 1. The molecule has 2 aromatic carbocycles. The number of amides is 1. The molecular weight excluding hydrogens is 426 g/mol. The summed E-state index contributed by atoms with van der Waals surface area (Å²) in [6.07, 6.45) is 0.704. The van der Waals surface area contributed by atoms with E-state index in [9.17, 15) is 9.59 Å². The summed E-state index contributed by atoms with van der Waals surface area (Å²) in [5, 5.41) is 0. The molecule has 6 heteroatoms. The average Bonchev–Trinajstić information content (AvgIpc) is 2.55. The molecule has 0 atom stereocenters. The molecule has 0 saturated carbocycles. The van der Waals surface area contributed by atoms with Crippen molar-refractivity contribution in [2.75, 3.05) is 13.7 Å². The number of benzene rings is 2. The van der Waals surface area contributed by atoms with Crippen LogP contribution in [0.2, 0.25) is 0 Å². The summed E-state index contributed by atoms with van der Waals surface area (Å²) in [5.41, 5.74) is 1.42. The summed E-state index contributed by atoms with van der Waals surface area (Å²) >= 11 is 6.75. The Hall–Kier alpha value is -1.66. The highest BCUT2D eigenvalue weighted by atomic mass is 79.9. The molecule has 0 unspecified atom stereocenters. The van der Waals surface area contributed by atoms with Crippen molar-refractivity contribution in [1.29, 1.82) is 0 Å². The van der Waals surface area contributed by atoms with Crippen molar-refractivity contribution in [2.45, 2.75) is 6.54 Å². The SMILES string of the molecule is CN(Cc1ccccc1Br)C(=O)COc1ccc(Br)cc1C=O. The van der Waals surface area contributed by atoms with Gasteiger partial charge >= 0.3 is 0 Å². The fourth-order valence-corrected chi connectivity index (χ4v) is 2.75. The van der Waals surface area contributed by atoms with Crippen molar-refractivity contribution >= 4 is 44.1 Å². The predicted molar refractivity (Wildman–Crippen MR) is 95.6 cm³/mol. The van der Waals surface area contributed by atoms with E-state index >= 15 is 0 Å². The molecule has 0 N–H and O–H groups in total. The summed E-state index contributed by atoms with van der Waals surface area (Å²) in [7, 11) is 1.72. The van der Waals surface area contributed by atoms with E-state index in [-0.39, 0.29) is 12.5 Å². The van der Waals surface area contributed by atoms with Gasteiger partial charge in [0.15, 0.2) is 12.9 Å². The van der Waals surface area contributed by atoms with Crippen LogP contribution in [0.15, 0.2) is 51.4 Å². The lowest BCUT2D eigenvalue weighted by Crippen LogP contribution is -2.31. The lowest BCUT2D eigenvalue weighted by Gasteiger charge is -2.18. The van der Waals surface area contributed by atoms with Gasteiger partial charge in [0, 0.05) is 22.5 Å². The standard InChI is InChI=1S/C17H15Br2NO3/c1-20(9-12-4-2-3-5-15(12)19)17(22)11-23-16-7-6-14(18)8-13(16)10-21/h2-8,10H,9,11H2,1H3. The van der Waals surface area contributed by atoms with Crippen LogP contribution in [-0.4, -0.2) is 30.7 Å². The first-order chi connectivity index (χ1) is 11.0. The molecular formula is C17H15Br2NO3. The van der Waals surface area contributed by atoms with Gasteiger partial charge in [-0.2, -0.15) is 0 Å². The van der Waals surface area contributed by atoms with Gasteiger partial charge in [0.05, 0.1) is 5.56 Å². The molecule has 0 aliphatic carbocycles. The Bertz CT molecular complexity index is 719. The van der Waals surface area contributed by atoms with Crippen LogP contribution in [0.1, 0.15) is 15.9 Å². The van der Waals surface area contributed by atoms with Gasteiger partial charge in [-0.05, 0) is 29.8 Å². The third-order valence-electron chi connectivity index (χ3n) is 3.24. The highest BCUT2D eigenvalue weighted by Gasteiger charge is 2.13. The predicted octanol–water partition coefficient (Wildman–Crippen LogP) is 4.06. The minimum Gasteiger partial charge on any atom is -0.483 e. The zero-order valence-corrected chi connectivity index (χ0v) is 15.6. The van der Waals surface area contributed by atoms with Crippen LogP contribution in [0.4, 0.5) is 0 Å². The minimum atomic E-state index is -0.166. The first-order valence-corrected chi connectivity index (χ1v) is 8.44. The number of rotatable bonds is 6. The quantitative estimate of drug-likeness (QED) is 0.636. The summed E-state index contributed by atoms with van der Waals surface area (Å²) in [6.45, 7) is 0.355. The van der Waals surface area contributed by atoms with Gasteiger partial charge in [-0.3, -0.25) is 9.59 Å². The fraction of sp³-hybridized carbons (Fsp3) is 0.176. The van der Waals surface area contributed by atoms with Crippen molar-refractivity contribution in [2.24, 2.45) is 0 Å². The Morgan fingerprint density at radius 2 is 1.96 bits per heavy atom. The van der Waals surface area contributed by atoms with Crippen LogP contribution in [-0.2, 0) is 11.3 Å². The second-order valence-corrected chi connectivity index (χ2v) is 6.70. The van der Waals surface area contributed by atoms with Crippen molar-refractivity contribution in [3.8, 4) is 5.75 Å². The largest absolute Gasteiger partial charge is 0.483 e. The molecule has 0 aliphatic heterocycles. The van der Waals surface area contributed by atoms with Gasteiger partial charge in [-0.15, -0.1) is 0 Å². The van der Waals surface area contributed by atoms with E-state index in [1.165, 1.54) is 0 Å². The van der Waals surface area contributed by atoms with Crippen molar-refractivity contribution < 1.29 is 14.3 Å². The molecule has 0 radical (unpaired) electrons. The Labute approximate surface area is 151 Å². The Kier molecular flexibility index (Phi) is 6.36. The lowest BCUT2D eigenvalue weighted by atomic mass is 10.2. The fourth-order valence-electron chi connectivity index (χ4n) is 1.96. The van der Waals surface area contributed by atoms with E-state index in [1.807, 2.05) is 24.3 Å². The maximum absolute atomic E-state index is 12.2. The summed E-state index contributed by atoms with van der Waals surface area (Å²) in [5.74, 6) is 0.228.